The fraction of sp³-hybridized carbons (Fsp3) is 0.471. The Labute approximate surface area is 137 Å². The number of hydrogen-bond acceptors (Lipinski definition) is 3. The van der Waals surface area contributed by atoms with Crippen LogP contribution in [0.5, 0.6) is 0 Å². The van der Waals surface area contributed by atoms with Crippen LogP contribution in [0.2, 0.25) is 0 Å². The van der Waals surface area contributed by atoms with Gasteiger partial charge >= 0.3 is 0 Å². The minimum atomic E-state index is -0.0258. The van der Waals surface area contributed by atoms with Crippen molar-refractivity contribution in [1.29, 1.82) is 0 Å². The van der Waals surface area contributed by atoms with Gasteiger partial charge in [0.2, 0.25) is 11.8 Å². The van der Waals surface area contributed by atoms with E-state index in [0.717, 1.165) is 32.0 Å². The summed E-state index contributed by atoms with van der Waals surface area (Å²) in [5.41, 5.74) is 0. The number of H-pyrrole nitrogens is 1. The van der Waals surface area contributed by atoms with Gasteiger partial charge in [0.25, 0.3) is 5.82 Å². The van der Waals surface area contributed by atoms with Crippen molar-refractivity contribution >= 4 is 17.6 Å². The van der Waals surface area contributed by atoms with Gasteiger partial charge < -0.3 is 10.2 Å². The Kier molecular flexibility index (Phi) is 6.59. The number of nitrogens with one attached hydrogen (secondary N) is 2. The molecule has 0 unspecified atom stereocenters. The van der Waals surface area contributed by atoms with Crippen molar-refractivity contribution in [3.8, 4) is 0 Å². The number of rotatable bonds is 7. The van der Waals surface area contributed by atoms with E-state index in [1.165, 1.54) is 0 Å². The van der Waals surface area contributed by atoms with Crippen LogP contribution < -0.4 is 15.2 Å². The maximum Gasteiger partial charge on any atom is 0.274 e. The van der Waals surface area contributed by atoms with Crippen molar-refractivity contribution in [3.63, 3.8) is 0 Å². The largest absolute Gasteiger partial charge is 0.353 e. The van der Waals surface area contributed by atoms with Gasteiger partial charge in [-0.1, -0.05) is 12.1 Å². The second kappa shape index (κ2) is 8.92. The SMILES string of the molecule is C=CCNC(=O)CCCC(=O)N1CCN(c2cccc[nH+]2)CC1. The van der Waals surface area contributed by atoms with E-state index in [1.807, 2.05) is 29.3 Å². The summed E-state index contributed by atoms with van der Waals surface area (Å²) in [6.45, 7) is 7.13. The molecule has 1 aliphatic heterocycles. The summed E-state index contributed by atoms with van der Waals surface area (Å²) >= 11 is 0. The fourth-order valence-corrected chi connectivity index (χ4v) is 2.61. The highest BCUT2D eigenvalue weighted by Gasteiger charge is 2.25. The van der Waals surface area contributed by atoms with Crippen molar-refractivity contribution in [1.82, 2.24) is 10.2 Å². The highest BCUT2D eigenvalue weighted by atomic mass is 16.2. The van der Waals surface area contributed by atoms with E-state index in [0.29, 0.717) is 25.8 Å². The molecule has 0 atom stereocenters. The summed E-state index contributed by atoms with van der Waals surface area (Å²) in [4.78, 5) is 31.0. The molecule has 6 heteroatoms. The van der Waals surface area contributed by atoms with Gasteiger partial charge in [-0.3, -0.25) is 14.5 Å². The Morgan fingerprint density at radius 2 is 2.00 bits per heavy atom. The van der Waals surface area contributed by atoms with Gasteiger partial charge in [0.1, 0.15) is 13.1 Å². The first-order chi connectivity index (χ1) is 11.2. The third-order valence-electron chi connectivity index (χ3n) is 3.90. The first-order valence-electron chi connectivity index (χ1n) is 8.07. The van der Waals surface area contributed by atoms with Gasteiger partial charge in [-0.05, 0) is 12.5 Å². The van der Waals surface area contributed by atoms with Crippen molar-refractivity contribution in [3.05, 3.63) is 37.1 Å². The highest BCUT2D eigenvalue weighted by molar-refractivity contribution is 5.79. The zero-order chi connectivity index (χ0) is 16.5. The molecule has 124 valence electrons. The molecule has 0 spiro atoms. The quantitative estimate of drug-likeness (QED) is 0.750. The molecule has 0 aromatic carbocycles. The van der Waals surface area contributed by atoms with Crippen LogP contribution in [0.1, 0.15) is 19.3 Å². The van der Waals surface area contributed by atoms with Crippen molar-refractivity contribution in [2.75, 3.05) is 37.6 Å². The molecule has 6 nitrogen and oxygen atoms in total. The molecule has 1 saturated heterocycles. The minimum absolute atomic E-state index is 0.0258. The van der Waals surface area contributed by atoms with Crippen LogP contribution in [0.15, 0.2) is 37.1 Å². The predicted molar refractivity (Wildman–Crippen MR) is 88.8 cm³/mol. The van der Waals surface area contributed by atoms with Crippen LogP contribution in [-0.4, -0.2) is 49.4 Å². The van der Waals surface area contributed by atoms with Gasteiger partial charge in [0, 0.05) is 25.5 Å². The summed E-state index contributed by atoms with van der Waals surface area (Å²) in [7, 11) is 0. The van der Waals surface area contributed by atoms with E-state index in [1.54, 1.807) is 6.08 Å². The second-order valence-corrected chi connectivity index (χ2v) is 5.56. The molecule has 1 aromatic heterocycles. The maximum absolute atomic E-state index is 12.2. The Balaban J connectivity index is 1.67. The predicted octanol–water partition coefficient (Wildman–Crippen LogP) is 0.622. The molecule has 0 radical (unpaired) electrons. The average molecular weight is 317 g/mol. The van der Waals surface area contributed by atoms with Gasteiger partial charge in [0.15, 0.2) is 0 Å². The molecule has 23 heavy (non-hydrogen) atoms. The average Bonchev–Trinajstić information content (AvgIpc) is 2.60. The van der Waals surface area contributed by atoms with Crippen molar-refractivity contribution in [2.45, 2.75) is 19.3 Å². The summed E-state index contributed by atoms with van der Waals surface area (Å²) in [5, 5.41) is 2.72. The number of nitrogens with zero attached hydrogens (tertiary/aromatic N) is 2. The number of carbonyl (C=O) groups excluding carboxylic acids is 2. The van der Waals surface area contributed by atoms with E-state index in [-0.39, 0.29) is 11.8 Å². The molecule has 1 aromatic rings. The molecule has 2 rings (SSSR count). The normalized spacial score (nSPS) is 14.4. The van der Waals surface area contributed by atoms with Crippen LogP contribution in [0.25, 0.3) is 0 Å². The fourth-order valence-electron chi connectivity index (χ4n) is 2.61. The van der Waals surface area contributed by atoms with Crippen LogP contribution in [0.4, 0.5) is 5.82 Å². The number of aromatic amines is 1. The van der Waals surface area contributed by atoms with E-state index in [2.05, 4.69) is 21.8 Å². The first-order valence-corrected chi connectivity index (χ1v) is 8.07. The number of piperazine rings is 1. The zero-order valence-corrected chi connectivity index (χ0v) is 13.5. The molecular formula is C17H25N4O2+. The zero-order valence-electron chi connectivity index (χ0n) is 13.5. The first kappa shape index (κ1) is 17.0. The number of pyridine rings is 1. The Morgan fingerprint density at radius 3 is 2.65 bits per heavy atom. The Bertz CT molecular complexity index is 525. The van der Waals surface area contributed by atoms with Crippen LogP contribution in [-0.2, 0) is 9.59 Å². The lowest BCUT2D eigenvalue weighted by atomic mass is 10.2. The second-order valence-electron chi connectivity index (χ2n) is 5.56. The number of anilines is 1. The molecule has 1 fully saturated rings. The molecule has 2 amide bonds. The smallest absolute Gasteiger partial charge is 0.274 e. The van der Waals surface area contributed by atoms with Gasteiger partial charge in [0.05, 0.1) is 19.3 Å². The Morgan fingerprint density at radius 1 is 1.22 bits per heavy atom. The van der Waals surface area contributed by atoms with Crippen LogP contribution >= 0.6 is 0 Å². The molecule has 2 heterocycles. The number of aromatic nitrogens is 1. The number of amides is 2. The van der Waals surface area contributed by atoms with Gasteiger partial charge in [-0.15, -0.1) is 6.58 Å². The lowest BCUT2D eigenvalue weighted by Crippen LogP contribution is -2.50. The number of carbonyl (C=O) groups is 2. The summed E-state index contributed by atoms with van der Waals surface area (Å²) in [6, 6.07) is 5.99. The lowest BCUT2D eigenvalue weighted by molar-refractivity contribution is -0.364. The monoisotopic (exact) mass is 317 g/mol. The lowest BCUT2D eigenvalue weighted by Gasteiger charge is -2.31. The van der Waals surface area contributed by atoms with Gasteiger partial charge in [-0.2, -0.15) is 0 Å². The summed E-state index contributed by atoms with van der Waals surface area (Å²) < 4.78 is 0. The van der Waals surface area contributed by atoms with Crippen molar-refractivity contribution in [2.24, 2.45) is 0 Å². The standard InChI is InChI=1S/C17H24N4O2/c1-2-9-19-16(22)7-5-8-17(23)21-13-11-20(12-14-21)15-6-3-4-10-18-15/h2-4,6,10H,1,5,7-9,11-14H2,(H,19,22)/p+1. The van der Waals surface area contributed by atoms with E-state index in [4.69, 9.17) is 0 Å². The highest BCUT2D eigenvalue weighted by Crippen LogP contribution is 2.11. The minimum Gasteiger partial charge on any atom is -0.353 e. The van der Waals surface area contributed by atoms with Crippen molar-refractivity contribution < 1.29 is 14.6 Å². The molecule has 0 saturated carbocycles. The molecular weight excluding hydrogens is 292 g/mol. The van der Waals surface area contributed by atoms with E-state index < -0.39 is 0 Å². The number of hydrogen-bond donors (Lipinski definition) is 1. The molecule has 2 N–H and O–H groups in total. The molecule has 0 aliphatic carbocycles. The Hall–Kier alpha value is -2.37. The molecule has 1 aliphatic rings. The van der Waals surface area contributed by atoms with Gasteiger partial charge in [-0.25, -0.2) is 4.98 Å². The topological polar surface area (TPSA) is 66.8 Å². The van der Waals surface area contributed by atoms with E-state index in [9.17, 15) is 9.59 Å². The third-order valence-corrected chi connectivity index (χ3v) is 3.90. The van der Waals surface area contributed by atoms with E-state index >= 15 is 0 Å². The summed E-state index contributed by atoms with van der Waals surface area (Å²) in [5.74, 6) is 1.19. The van der Waals surface area contributed by atoms with Crippen LogP contribution in [0, 0.1) is 0 Å². The summed E-state index contributed by atoms with van der Waals surface area (Å²) in [6.07, 6.45) is 4.96. The third kappa shape index (κ3) is 5.39. The molecule has 0 bridgehead atoms. The van der Waals surface area contributed by atoms with Crippen LogP contribution in [0.3, 0.4) is 0 Å². The maximum atomic E-state index is 12.2.